The highest BCUT2D eigenvalue weighted by molar-refractivity contribution is 5.78. The lowest BCUT2D eigenvalue weighted by molar-refractivity contribution is -0.135. The summed E-state index contributed by atoms with van der Waals surface area (Å²) in [5.74, 6) is -0.182. The van der Waals surface area contributed by atoms with Crippen LogP contribution in [-0.2, 0) is 11.3 Å². The van der Waals surface area contributed by atoms with Crippen LogP contribution < -0.4 is 0 Å². The van der Waals surface area contributed by atoms with E-state index in [4.69, 9.17) is 0 Å². The molecule has 0 saturated heterocycles. The predicted molar refractivity (Wildman–Crippen MR) is 88.5 cm³/mol. The molecule has 0 fully saturated rings. The fraction of sp³-hybridized carbons (Fsp3) is 0.421. The van der Waals surface area contributed by atoms with Gasteiger partial charge in [0, 0.05) is 37.0 Å². The van der Waals surface area contributed by atoms with Gasteiger partial charge in [-0.2, -0.15) is 0 Å². The van der Waals surface area contributed by atoms with Crippen molar-refractivity contribution < 1.29 is 9.18 Å². The van der Waals surface area contributed by atoms with Gasteiger partial charge in [-0.05, 0) is 23.6 Å². The van der Waals surface area contributed by atoms with E-state index in [1.807, 2.05) is 29.3 Å². The van der Waals surface area contributed by atoms with Gasteiger partial charge in [-0.25, -0.2) is 4.39 Å². The Balaban J connectivity index is 2.02. The van der Waals surface area contributed by atoms with Crippen molar-refractivity contribution in [2.75, 3.05) is 6.54 Å². The average molecular weight is 314 g/mol. The Morgan fingerprint density at radius 2 is 1.91 bits per heavy atom. The molecule has 2 heterocycles. The molecule has 1 atom stereocenters. The van der Waals surface area contributed by atoms with Crippen molar-refractivity contribution in [2.45, 2.75) is 39.8 Å². The Hall–Kier alpha value is -2.10. The Bertz CT molecular complexity index is 714. The maximum Gasteiger partial charge on any atom is 0.223 e. The molecule has 1 amide bonds. The van der Waals surface area contributed by atoms with Crippen molar-refractivity contribution in [3.05, 3.63) is 59.7 Å². The van der Waals surface area contributed by atoms with Crippen molar-refractivity contribution in [1.82, 2.24) is 9.47 Å². The molecule has 4 heteroatoms. The standard InChI is InChI=1S/C19H23FN2O/c1-19(2,3)13-17(23)22-12-11-21-10-6-9-16(21)18(22)14-7-4-5-8-15(14)20/h4-10,18H,11-13H2,1-3H3. The Labute approximate surface area is 136 Å². The van der Waals surface area contributed by atoms with E-state index in [9.17, 15) is 9.18 Å². The number of carbonyl (C=O) groups excluding carboxylic acids is 1. The number of halogens is 1. The maximum absolute atomic E-state index is 14.4. The van der Waals surface area contributed by atoms with Crippen LogP contribution in [0.4, 0.5) is 4.39 Å². The summed E-state index contributed by atoms with van der Waals surface area (Å²) < 4.78 is 16.5. The first-order valence-corrected chi connectivity index (χ1v) is 8.06. The van der Waals surface area contributed by atoms with Crippen LogP contribution in [-0.4, -0.2) is 21.9 Å². The molecule has 2 aromatic rings. The van der Waals surface area contributed by atoms with Crippen LogP contribution >= 0.6 is 0 Å². The van der Waals surface area contributed by atoms with Crippen LogP contribution in [0.25, 0.3) is 0 Å². The summed E-state index contributed by atoms with van der Waals surface area (Å²) >= 11 is 0. The highest BCUT2D eigenvalue weighted by Gasteiger charge is 2.34. The minimum absolute atomic E-state index is 0.0817. The molecule has 3 nitrogen and oxygen atoms in total. The van der Waals surface area contributed by atoms with E-state index in [0.717, 1.165) is 12.2 Å². The molecule has 0 bridgehead atoms. The molecule has 0 N–H and O–H groups in total. The molecule has 0 spiro atoms. The van der Waals surface area contributed by atoms with E-state index < -0.39 is 0 Å². The number of carbonyl (C=O) groups is 1. The number of hydrogen-bond donors (Lipinski definition) is 0. The summed E-state index contributed by atoms with van der Waals surface area (Å²) in [6, 6.07) is 10.3. The molecule has 0 radical (unpaired) electrons. The van der Waals surface area contributed by atoms with E-state index >= 15 is 0 Å². The smallest absolute Gasteiger partial charge is 0.223 e. The van der Waals surface area contributed by atoms with Crippen molar-refractivity contribution in [3.63, 3.8) is 0 Å². The molecule has 0 aliphatic carbocycles. The van der Waals surface area contributed by atoms with Crippen LogP contribution in [0, 0.1) is 11.2 Å². The van der Waals surface area contributed by atoms with Crippen LogP contribution in [0.5, 0.6) is 0 Å². The quantitative estimate of drug-likeness (QED) is 0.822. The number of aromatic nitrogens is 1. The van der Waals surface area contributed by atoms with Crippen LogP contribution in [0.2, 0.25) is 0 Å². The zero-order chi connectivity index (χ0) is 16.6. The number of fused-ring (bicyclic) bond motifs is 1. The molecule has 0 saturated carbocycles. The van der Waals surface area contributed by atoms with Crippen molar-refractivity contribution in [2.24, 2.45) is 5.41 Å². The molecule has 1 aromatic heterocycles. The summed E-state index contributed by atoms with van der Waals surface area (Å²) in [4.78, 5) is 14.7. The lowest BCUT2D eigenvalue weighted by Crippen LogP contribution is -2.43. The van der Waals surface area contributed by atoms with Gasteiger partial charge < -0.3 is 9.47 Å². The highest BCUT2D eigenvalue weighted by Crippen LogP contribution is 2.35. The van der Waals surface area contributed by atoms with Gasteiger partial charge in [0.15, 0.2) is 0 Å². The summed E-state index contributed by atoms with van der Waals surface area (Å²) in [6.07, 6.45) is 2.45. The molecule has 1 aliphatic rings. The van der Waals surface area contributed by atoms with Crippen LogP contribution in [0.1, 0.15) is 44.5 Å². The van der Waals surface area contributed by atoms with Gasteiger partial charge in [-0.3, -0.25) is 4.79 Å². The average Bonchev–Trinajstić information content (AvgIpc) is 2.93. The second kappa shape index (κ2) is 5.84. The molecule has 1 unspecified atom stereocenters. The lowest BCUT2D eigenvalue weighted by atomic mass is 9.90. The van der Waals surface area contributed by atoms with Crippen molar-refractivity contribution >= 4 is 5.91 Å². The van der Waals surface area contributed by atoms with E-state index in [1.54, 1.807) is 12.1 Å². The second-order valence-electron chi connectivity index (χ2n) is 7.38. The number of hydrogen-bond acceptors (Lipinski definition) is 1. The molecular weight excluding hydrogens is 291 g/mol. The molecule has 3 rings (SSSR count). The first-order valence-electron chi connectivity index (χ1n) is 8.06. The van der Waals surface area contributed by atoms with Gasteiger partial charge >= 0.3 is 0 Å². The predicted octanol–water partition coefficient (Wildman–Crippen LogP) is 4.00. The van der Waals surface area contributed by atoms with Gasteiger partial charge in [0.1, 0.15) is 11.9 Å². The van der Waals surface area contributed by atoms with E-state index in [2.05, 4.69) is 25.3 Å². The summed E-state index contributed by atoms with van der Waals surface area (Å²) in [6.45, 7) is 7.51. The first-order chi connectivity index (χ1) is 10.9. The number of rotatable bonds is 2. The zero-order valence-electron chi connectivity index (χ0n) is 13.9. The van der Waals surface area contributed by atoms with Gasteiger partial charge in [0.05, 0.1) is 0 Å². The van der Waals surface area contributed by atoms with Crippen LogP contribution in [0.15, 0.2) is 42.6 Å². The normalized spacial score (nSPS) is 17.9. The van der Waals surface area contributed by atoms with E-state index in [-0.39, 0.29) is 23.2 Å². The molecule has 1 aliphatic heterocycles. The van der Waals surface area contributed by atoms with Gasteiger partial charge in [-0.1, -0.05) is 39.0 Å². The third-order valence-electron chi connectivity index (χ3n) is 4.24. The maximum atomic E-state index is 14.4. The fourth-order valence-corrected chi connectivity index (χ4v) is 3.23. The number of benzene rings is 1. The van der Waals surface area contributed by atoms with Crippen molar-refractivity contribution in [1.29, 1.82) is 0 Å². The topological polar surface area (TPSA) is 25.2 Å². The lowest BCUT2D eigenvalue weighted by Gasteiger charge is -2.38. The first kappa shape index (κ1) is 15.8. The van der Waals surface area contributed by atoms with Crippen LogP contribution in [0.3, 0.4) is 0 Å². The van der Waals surface area contributed by atoms with E-state index in [1.165, 1.54) is 6.07 Å². The second-order valence-corrected chi connectivity index (χ2v) is 7.38. The third kappa shape index (κ3) is 3.16. The van der Waals surface area contributed by atoms with Gasteiger partial charge in [-0.15, -0.1) is 0 Å². The fourth-order valence-electron chi connectivity index (χ4n) is 3.23. The molecule has 23 heavy (non-hydrogen) atoms. The van der Waals surface area contributed by atoms with E-state index in [0.29, 0.717) is 18.5 Å². The van der Waals surface area contributed by atoms with Gasteiger partial charge in [0.25, 0.3) is 0 Å². The Morgan fingerprint density at radius 1 is 1.17 bits per heavy atom. The largest absolute Gasteiger partial charge is 0.348 e. The third-order valence-corrected chi connectivity index (χ3v) is 4.24. The zero-order valence-corrected chi connectivity index (χ0v) is 13.9. The highest BCUT2D eigenvalue weighted by atomic mass is 19.1. The SMILES string of the molecule is CC(C)(C)CC(=O)N1CCn2cccc2C1c1ccccc1F. The minimum Gasteiger partial charge on any atom is -0.348 e. The Morgan fingerprint density at radius 3 is 2.61 bits per heavy atom. The minimum atomic E-state index is -0.352. The van der Waals surface area contributed by atoms with Crippen molar-refractivity contribution in [3.8, 4) is 0 Å². The summed E-state index contributed by atoms with van der Waals surface area (Å²) in [5, 5.41) is 0. The molecule has 1 aromatic carbocycles. The number of amides is 1. The summed E-state index contributed by atoms with van der Waals surface area (Å²) in [7, 11) is 0. The summed E-state index contributed by atoms with van der Waals surface area (Å²) in [5.41, 5.74) is 1.45. The monoisotopic (exact) mass is 314 g/mol. The number of nitrogens with zero attached hydrogens (tertiary/aromatic N) is 2. The Kier molecular flexibility index (Phi) is 4.00. The van der Waals surface area contributed by atoms with Gasteiger partial charge in [0.2, 0.25) is 5.91 Å². The molecule has 122 valence electrons. The molecular formula is C19H23FN2O.